The maximum Gasteiger partial charge on any atom is 0.697 e. The fraction of sp³-hybridized carbons (Fsp3) is 1.00. The maximum atomic E-state index is 11.7. The molecule has 0 radical (unpaired) electrons. The molecule has 0 aromatic carbocycles. The Morgan fingerprint density at radius 1 is 0.714 bits per heavy atom. The molecular formula is C20H45O6P2+. The lowest BCUT2D eigenvalue weighted by molar-refractivity contribution is 0.221. The summed E-state index contributed by atoms with van der Waals surface area (Å²) in [5, 5.41) is -0.742. The third-order valence-corrected chi connectivity index (χ3v) is 7.41. The molecule has 0 aliphatic rings. The summed E-state index contributed by atoms with van der Waals surface area (Å²) in [7, 11) is -5.84. The Morgan fingerprint density at radius 3 is 1.39 bits per heavy atom. The maximum absolute atomic E-state index is 11.7. The van der Waals surface area contributed by atoms with Crippen LogP contribution in [0.15, 0.2) is 0 Å². The van der Waals surface area contributed by atoms with Gasteiger partial charge in [0.25, 0.3) is 0 Å². The second kappa shape index (κ2) is 19.2. The van der Waals surface area contributed by atoms with Crippen molar-refractivity contribution in [1.29, 1.82) is 0 Å². The molecule has 170 valence electrons. The first-order valence-electron chi connectivity index (χ1n) is 11.0. The fourth-order valence-corrected chi connectivity index (χ4v) is 4.94. The summed E-state index contributed by atoms with van der Waals surface area (Å²) in [6.07, 6.45) is 10.6. The Hall–Kier alpha value is 0.170. The van der Waals surface area contributed by atoms with Gasteiger partial charge in [0.15, 0.2) is 0 Å². The number of unbranched alkanes of at least 4 members (excludes halogenated alkanes) is 4. The lowest BCUT2D eigenvalue weighted by Crippen LogP contribution is -2.29. The Kier molecular flexibility index (Phi) is 20.8. The van der Waals surface area contributed by atoms with E-state index in [0.29, 0.717) is 32.5 Å². The van der Waals surface area contributed by atoms with Crippen molar-refractivity contribution in [2.24, 2.45) is 0 Å². The van der Waals surface area contributed by atoms with Gasteiger partial charge in [0.2, 0.25) is 0 Å². The van der Waals surface area contributed by atoms with E-state index in [1.165, 1.54) is 0 Å². The van der Waals surface area contributed by atoms with Crippen LogP contribution in [0.1, 0.15) is 112 Å². The van der Waals surface area contributed by atoms with Crippen LogP contribution < -0.4 is 0 Å². The standard InChI is InChI=1S/C12H27O3P.C8H18O3P/c1-4-7-10-12(9-6-3,11-8-5-2)16(13,14)15;1-3-5-7-10-12(9)11-8-6-4-2/h4-11H2,1-3H3,(H2,13,14,15);3-8H2,1-2H3/q;+1. The SMILES string of the molecule is CCCCC(CCC)(CCCC)P(=O)(O)O.CCCCO[P+](=O)OCCCC. The molecule has 2 N–H and O–H groups in total. The van der Waals surface area contributed by atoms with Gasteiger partial charge in [-0.1, -0.05) is 79.6 Å². The summed E-state index contributed by atoms with van der Waals surface area (Å²) in [6, 6.07) is 0. The molecule has 0 saturated heterocycles. The van der Waals surface area contributed by atoms with E-state index in [9.17, 15) is 18.9 Å². The molecular weight excluding hydrogens is 398 g/mol. The molecule has 0 amide bonds. The number of hydrogen-bond donors (Lipinski definition) is 2. The first-order chi connectivity index (χ1) is 13.2. The summed E-state index contributed by atoms with van der Waals surface area (Å²) in [6.45, 7) is 11.3. The Labute approximate surface area is 174 Å². The molecule has 0 heterocycles. The van der Waals surface area contributed by atoms with Crippen molar-refractivity contribution in [3.05, 3.63) is 0 Å². The molecule has 0 aromatic heterocycles. The largest absolute Gasteiger partial charge is 0.697 e. The average molecular weight is 444 g/mol. The van der Waals surface area contributed by atoms with Crippen LogP contribution in [0.2, 0.25) is 0 Å². The lowest BCUT2D eigenvalue weighted by atomic mass is 9.90. The van der Waals surface area contributed by atoms with E-state index in [2.05, 4.69) is 27.7 Å². The molecule has 0 bridgehead atoms. The van der Waals surface area contributed by atoms with Crippen LogP contribution in [-0.2, 0) is 18.2 Å². The van der Waals surface area contributed by atoms with E-state index < -0.39 is 21.0 Å². The molecule has 28 heavy (non-hydrogen) atoms. The van der Waals surface area contributed by atoms with Gasteiger partial charge < -0.3 is 9.79 Å². The minimum Gasteiger partial charge on any atom is -0.324 e. The van der Waals surface area contributed by atoms with Crippen molar-refractivity contribution in [3.63, 3.8) is 0 Å². The Morgan fingerprint density at radius 2 is 1.11 bits per heavy atom. The van der Waals surface area contributed by atoms with Gasteiger partial charge in [-0.05, 0) is 32.1 Å². The zero-order chi connectivity index (χ0) is 21.9. The first-order valence-corrected chi connectivity index (χ1v) is 13.7. The van der Waals surface area contributed by atoms with Crippen molar-refractivity contribution in [1.82, 2.24) is 0 Å². The number of rotatable bonds is 17. The predicted molar refractivity (Wildman–Crippen MR) is 118 cm³/mol. The molecule has 0 unspecified atom stereocenters. The van der Waals surface area contributed by atoms with Gasteiger partial charge in [-0.25, -0.2) is 0 Å². The Balaban J connectivity index is 0. The molecule has 6 nitrogen and oxygen atoms in total. The van der Waals surface area contributed by atoms with E-state index in [4.69, 9.17) is 9.05 Å². The third-order valence-electron chi connectivity index (χ3n) is 4.71. The second-order valence-electron chi connectivity index (χ2n) is 7.32. The van der Waals surface area contributed by atoms with Gasteiger partial charge in [0.1, 0.15) is 13.2 Å². The molecule has 0 aliphatic carbocycles. The van der Waals surface area contributed by atoms with Crippen molar-refractivity contribution < 1.29 is 28.0 Å². The quantitative estimate of drug-likeness (QED) is 0.180. The van der Waals surface area contributed by atoms with Crippen LogP contribution in [0.3, 0.4) is 0 Å². The molecule has 8 heteroatoms. The molecule has 0 aromatic rings. The fourth-order valence-electron chi connectivity index (χ4n) is 2.89. The highest BCUT2D eigenvalue weighted by atomic mass is 31.2. The predicted octanol–water partition coefficient (Wildman–Crippen LogP) is 7.36. The minimum atomic E-state index is -3.98. The molecule has 0 saturated carbocycles. The molecule has 0 spiro atoms. The average Bonchev–Trinajstić information content (AvgIpc) is 2.64. The van der Waals surface area contributed by atoms with Crippen LogP contribution in [0.5, 0.6) is 0 Å². The summed E-state index contributed by atoms with van der Waals surface area (Å²) >= 11 is 0. The third kappa shape index (κ3) is 15.1. The highest BCUT2D eigenvalue weighted by Crippen LogP contribution is 2.58. The van der Waals surface area contributed by atoms with Crippen LogP contribution >= 0.6 is 15.9 Å². The summed E-state index contributed by atoms with van der Waals surface area (Å²) in [5.74, 6) is 0. The van der Waals surface area contributed by atoms with E-state index >= 15 is 0 Å². The minimum absolute atomic E-state index is 0.540. The van der Waals surface area contributed by atoms with E-state index in [-0.39, 0.29) is 0 Å². The van der Waals surface area contributed by atoms with Crippen LogP contribution in [0.25, 0.3) is 0 Å². The molecule has 0 fully saturated rings. The van der Waals surface area contributed by atoms with Gasteiger partial charge in [-0.15, -0.1) is 9.05 Å². The van der Waals surface area contributed by atoms with Crippen LogP contribution in [0.4, 0.5) is 0 Å². The summed E-state index contributed by atoms with van der Waals surface area (Å²) < 4.78 is 32.5. The zero-order valence-electron chi connectivity index (χ0n) is 18.8. The van der Waals surface area contributed by atoms with Gasteiger partial charge >= 0.3 is 15.9 Å². The van der Waals surface area contributed by atoms with Gasteiger partial charge in [-0.2, -0.15) is 0 Å². The molecule has 0 rings (SSSR count). The van der Waals surface area contributed by atoms with Crippen LogP contribution in [0, 0.1) is 0 Å². The van der Waals surface area contributed by atoms with E-state index in [1.54, 1.807) is 0 Å². The van der Waals surface area contributed by atoms with Gasteiger partial charge in [0, 0.05) is 4.57 Å². The highest BCUT2D eigenvalue weighted by Gasteiger charge is 2.44. The van der Waals surface area contributed by atoms with E-state index in [1.807, 2.05) is 6.92 Å². The topological polar surface area (TPSA) is 93.1 Å². The molecule has 0 aliphatic heterocycles. The van der Waals surface area contributed by atoms with E-state index in [0.717, 1.165) is 57.8 Å². The zero-order valence-corrected chi connectivity index (χ0v) is 20.6. The Bertz CT molecular complexity index is 392. The van der Waals surface area contributed by atoms with Gasteiger partial charge in [-0.3, -0.25) is 4.57 Å². The van der Waals surface area contributed by atoms with Crippen molar-refractivity contribution >= 4 is 15.9 Å². The van der Waals surface area contributed by atoms with Gasteiger partial charge in [0.05, 0.1) is 5.16 Å². The lowest BCUT2D eigenvalue weighted by Gasteiger charge is -2.34. The molecule has 0 atom stereocenters. The summed E-state index contributed by atoms with van der Waals surface area (Å²) in [4.78, 5) is 19.2. The van der Waals surface area contributed by atoms with Crippen molar-refractivity contribution in [2.75, 3.05) is 13.2 Å². The number of hydrogen-bond acceptors (Lipinski definition) is 4. The second-order valence-corrected chi connectivity index (χ2v) is 10.3. The smallest absolute Gasteiger partial charge is 0.324 e. The van der Waals surface area contributed by atoms with Crippen LogP contribution in [-0.4, -0.2) is 28.2 Å². The van der Waals surface area contributed by atoms with Crippen molar-refractivity contribution in [2.45, 2.75) is 117 Å². The normalized spacial score (nSPS) is 11.8. The highest BCUT2D eigenvalue weighted by molar-refractivity contribution is 7.53. The first kappa shape index (κ1) is 30.4. The monoisotopic (exact) mass is 443 g/mol. The summed E-state index contributed by atoms with van der Waals surface area (Å²) in [5.41, 5.74) is 0. The van der Waals surface area contributed by atoms with Crippen molar-refractivity contribution in [3.8, 4) is 0 Å².